The predicted molar refractivity (Wildman–Crippen MR) is 187 cm³/mol. The molecule has 1 saturated heterocycles. The Labute approximate surface area is 283 Å². The number of phenolic OH excluding ortho intramolecular Hbond substituents is 1. The van der Waals surface area contributed by atoms with E-state index in [-0.39, 0.29) is 35.8 Å². The molecule has 250 valence electrons. The van der Waals surface area contributed by atoms with Gasteiger partial charge in [0.2, 0.25) is 5.56 Å². The third kappa shape index (κ3) is 8.22. The normalized spacial score (nSPS) is 13.4. The molecule has 2 amide bonds. The van der Waals surface area contributed by atoms with E-state index in [9.17, 15) is 24.3 Å². The summed E-state index contributed by atoms with van der Waals surface area (Å²) in [6.45, 7) is 2.18. The molecular weight excluding hydrogens is 620 g/mol. The van der Waals surface area contributed by atoms with Gasteiger partial charge in [-0.2, -0.15) is 0 Å². The van der Waals surface area contributed by atoms with Gasteiger partial charge in [0.1, 0.15) is 17.8 Å². The van der Waals surface area contributed by atoms with Crippen molar-refractivity contribution in [2.75, 3.05) is 32.8 Å². The van der Waals surface area contributed by atoms with E-state index in [2.05, 4.69) is 15.6 Å². The van der Waals surface area contributed by atoms with Crippen molar-refractivity contribution < 1.29 is 24.2 Å². The Morgan fingerprint density at radius 1 is 0.898 bits per heavy atom. The summed E-state index contributed by atoms with van der Waals surface area (Å²) in [6, 6.07) is 30.8. The van der Waals surface area contributed by atoms with Crippen LogP contribution in [0.5, 0.6) is 11.5 Å². The van der Waals surface area contributed by atoms with Gasteiger partial charge < -0.3 is 35.2 Å². The van der Waals surface area contributed by atoms with Gasteiger partial charge in [0.05, 0.1) is 17.5 Å². The number of carbonyl (C=O) groups excluding carboxylic acids is 3. The van der Waals surface area contributed by atoms with E-state index in [1.54, 1.807) is 29.2 Å². The van der Waals surface area contributed by atoms with Crippen molar-refractivity contribution in [2.24, 2.45) is 0 Å². The van der Waals surface area contributed by atoms with E-state index >= 15 is 0 Å². The number of aromatic amines is 1. The lowest BCUT2D eigenvalue weighted by atomic mass is 9.93. The first kappa shape index (κ1) is 33.2. The second-order valence-corrected chi connectivity index (χ2v) is 12.2. The van der Waals surface area contributed by atoms with Gasteiger partial charge in [0.25, 0.3) is 11.8 Å². The zero-order valence-corrected chi connectivity index (χ0v) is 26.9. The number of H-pyrrole nitrogens is 1. The molecule has 0 saturated carbocycles. The average molecular weight is 659 g/mol. The molecule has 0 aliphatic carbocycles. The van der Waals surface area contributed by atoms with Crippen molar-refractivity contribution in [3.63, 3.8) is 0 Å². The van der Waals surface area contributed by atoms with Gasteiger partial charge in [-0.1, -0.05) is 60.7 Å². The minimum Gasteiger partial charge on any atom is -0.506 e. The molecule has 49 heavy (non-hydrogen) atoms. The highest BCUT2D eigenvalue weighted by atomic mass is 16.5. The van der Waals surface area contributed by atoms with Crippen LogP contribution in [0.4, 0.5) is 0 Å². The summed E-state index contributed by atoms with van der Waals surface area (Å²) in [5.41, 5.74) is 4.58. The molecule has 0 spiro atoms. The average Bonchev–Trinajstić information content (AvgIpc) is 3.10. The summed E-state index contributed by atoms with van der Waals surface area (Å²) >= 11 is 0. The fourth-order valence-corrected chi connectivity index (χ4v) is 6.00. The first-order valence-electron chi connectivity index (χ1n) is 16.3. The number of aromatic hydroxyl groups is 1. The maximum absolute atomic E-state index is 12.8. The zero-order valence-electron chi connectivity index (χ0n) is 26.9. The molecule has 4 N–H and O–H groups in total. The first-order valence-corrected chi connectivity index (χ1v) is 16.3. The van der Waals surface area contributed by atoms with E-state index in [0.717, 1.165) is 59.9 Å². The van der Waals surface area contributed by atoms with E-state index in [1.165, 1.54) is 6.07 Å². The summed E-state index contributed by atoms with van der Waals surface area (Å²) in [6.07, 6.45) is 2.44. The van der Waals surface area contributed by atoms with E-state index in [0.29, 0.717) is 29.9 Å². The molecule has 0 bridgehead atoms. The SMILES string of the molecule is O=CC(c1ccccc1)c1cccc(OCC(=O)N2CC(NC(=O)c3ccc(CCNCCc4ccc(O)c5[nH]c(=O)ccc45)cc3)C2)c1. The van der Waals surface area contributed by atoms with Crippen molar-refractivity contribution in [2.45, 2.75) is 24.8 Å². The number of rotatable bonds is 14. The number of ether oxygens (including phenoxy) is 1. The Balaban J connectivity index is 0.894. The minimum absolute atomic E-state index is 0.0568. The first-order chi connectivity index (χ1) is 23.9. The molecule has 0 radical (unpaired) electrons. The maximum atomic E-state index is 12.8. The Hall–Kier alpha value is -5.74. The summed E-state index contributed by atoms with van der Waals surface area (Å²) in [5, 5.41) is 17.3. The van der Waals surface area contributed by atoms with Crippen LogP contribution in [0.1, 0.15) is 38.5 Å². The van der Waals surface area contributed by atoms with Crippen LogP contribution in [-0.4, -0.2) is 71.9 Å². The van der Waals surface area contributed by atoms with Crippen molar-refractivity contribution in [3.05, 3.63) is 141 Å². The molecule has 1 aliphatic heterocycles. The summed E-state index contributed by atoms with van der Waals surface area (Å²) in [4.78, 5) is 53.3. The van der Waals surface area contributed by atoms with Crippen molar-refractivity contribution >= 4 is 29.0 Å². The fraction of sp³-hybridized carbons (Fsp3) is 0.231. The number of nitrogens with one attached hydrogen (secondary N) is 3. The van der Waals surface area contributed by atoms with Gasteiger partial charge in [-0.05, 0) is 84.6 Å². The van der Waals surface area contributed by atoms with Crippen LogP contribution >= 0.6 is 0 Å². The van der Waals surface area contributed by atoms with Gasteiger partial charge in [-0.3, -0.25) is 14.4 Å². The number of carbonyl (C=O) groups is 3. The van der Waals surface area contributed by atoms with Crippen LogP contribution in [0.15, 0.2) is 108 Å². The Morgan fingerprint density at radius 3 is 2.43 bits per heavy atom. The van der Waals surface area contributed by atoms with Crippen molar-refractivity contribution in [1.82, 2.24) is 20.5 Å². The number of phenols is 1. The highest BCUT2D eigenvalue weighted by Gasteiger charge is 2.32. The number of hydrogen-bond donors (Lipinski definition) is 4. The highest BCUT2D eigenvalue weighted by molar-refractivity contribution is 5.94. The molecular formula is C39H38N4O6. The van der Waals surface area contributed by atoms with Crippen LogP contribution in [0.3, 0.4) is 0 Å². The number of aromatic nitrogens is 1. The second kappa shape index (κ2) is 15.4. The third-order valence-corrected chi connectivity index (χ3v) is 8.78. The molecule has 6 rings (SSSR count). The lowest BCUT2D eigenvalue weighted by Gasteiger charge is -2.39. The van der Waals surface area contributed by atoms with Crippen LogP contribution < -0.4 is 20.9 Å². The second-order valence-electron chi connectivity index (χ2n) is 12.2. The molecule has 1 unspecified atom stereocenters. The van der Waals surface area contributed by atoms with Gasteiger partial charge in [0.15, 0.2) is 6.61 Å². The van der Waals surface area contributed by atoms with Gasteiger partial charge in [-0.25, -0.2) is 0 Å². The predicted octanol–water partition coefficient (Wildman–Crippen LogP) is 3.96. The van der Waals surface area contributed by atoms with Crippen molar-refractivity contribution in [3.8, 4) is 11.5 Å². The Morgan fingerprint density at radius 2 is 1.65 bits per heavy atom. The summed E-state index contributed by atoms with van der Waals surface area (Å²) in [7, 11) is 0. The Bertz CT molecular complexity index is 1990. The van der Waals surface area contributed by atoms with Crippen LogP contribution in [0, 0.1) is 0 Å². The van der Waals surface area contributed by atoms with Crippen molar-refractivity contribution in [1.29, 1.82) is 0 Å². The topological polar surface area (TPSA) is 141 Å². The van der Waals surface area contributed by atoms with E-state index < -0.39 is 5.92 Å². The minimum atomic E-state index is -0.417. The molecule has 4 aromatic carbocycles. The summed E-state index contributed by atoms with van der Waals surface area (Å²) < 4.78 is 5.76. The number of amides is 2. The van der Waals surface area contributed by atoms with E-state index in [1.807, 2.05) is 72.8 Å². The number of benzene rings is 4. The van der Waals surface area contributed by atoms with Crippen LogP contribution in [-0.2, 0) is 22.4 Å². The Kier molecular flexibility index (Phi) is 10.5. The standard InChI is InChI=1S/C39H38N4O6/c44-24-34(27-5-2-1-3-6-27)30-7-4-8-32(21-30)49-25-37(47)43-22-31(23-43)41-39(48)29-11-9-26(10-12-29)17-19-40-20-18-28-13-15-35(45)38-33(28)14-16-36(46)42-38/h1-16,21,24,31,34,40,45H,17-20,22-23,25H2,(H,41,48)(H,42,46). The number of aldehydes is 1. The van der Waals surface area contributed by atoms with Gasteiger partial charge in [0, 0.05) is 30.1 Å². The fourth-order valence-electron chi connectivity index (χ4n) is 6.00. The lowest BCUT2D eigenvalue weighted by molar-refractivity contribution is -0.138. The molecule has 2 heterocycles. The molecule has 5 aromatic rings. The number of likely N-dealkylation sites (tertiary alicyclic amines) is 1. The zero-order chi connectivity index (χ0) is 34.2. The number of nitrogens with zero attached hydrogens (tertiary/aromatic N) is 1. The van der Waals surface area contributed by atoms with Crippen LogP contribution in [0.2, 0.25) is 0 Å². The number of pyridine rings is 1. The maximum Gasteiger partial charge on any atom is 0.260 e. The monoisotopic (exact) mass is 658 g/mol. The van der Waals surface area contributed by atoms with Gasteiger partial charge >= 0.3 is 0 Å². The summed E-state index contributed by atoms with van der Waals surface area (Å²) in [5.74, 6) is -0.196. The molecule has 1 fully saturated rings. The van der Waals surface area contributed by atoms with Gasteiger partial charge in [-0.15, -0.1) is 0 Å². The van der Waals surface area contributed by atoms with E-state index in [4.69, 9.17) is 4.74 Å². The third-order valence-electron chi connectivity index (χ3n) is 8.78. The molecule has 10 nitrogen and oxygen atoms in total. The smallest absolute Gasteiger partial charge is 0.260 e. The number of fused-ring (bicyclic) bond motifs is 1. The highest BCUT2D eigenvalue weighted by Crippen LogP contribution is 2.26. The lowest BCUT2D eigenvalue weighted by Crippen LogP contribution is -2.61. The molecule has 1 atom stereocenters. The largest absolute Gasteiger partial charge is 0.506 e. The molecule has 1 aromatic heterocycles. The number of hydrogen-bond acceptors (Lipinski definition) is 7. The molecule has 1 aliphatic rings. The molecule has 10 heteroatoms. The quantitative estimate of drug-likeness (QED) is 0.105. The van der Waals surface area contributed by atoms with Crippen LogP contribution in [0.25, 0.3) is 10.9 Å².